The fraction of sp³-hybridized carbons (Fsp3) is 0.263. The van der Waals surface area contributed by atoms with E-state index in [0.717, 1.165) is 29.4 Å². The Morgan fingerprint density at radius 3 is 2.38 bits per heavy atom. The summed E-state index contributed by atoms with van der Waals surface area (Å²) in [6.07, 6.45) is 2.67. The van der Waals surface area contributed by atoms with Gasteiger partial charge in [0.1, 0.15) is 0 Å². The summed E-state index contributed by atoms with van der Waals surface area (Å²) in [5.74, 6) is 0.689. The Balaban J connectivity index is 1.60. The molecule has 1 heterocycles. The van der Waals surface area contributed by atoms with Gasteiger partial charge in [0.05, 0.1) is 19.8 Å². The van der Waals surface area contributed by atoms with Crippen molar-refractivity contribution in [2.24, 2.45) is 24.3 Å². The molecule has 0 N–H and O–H groups in total. The lowest BCUT2D eigenvalue weighted by Crippen LogP contribution is -2.25. The SMILES string of the molecule is CN(CCc1ccc(Cl)cc1)c1ccc(N=Nc2n(C)nc[n+]2C)cc1. The Hall–Kier alpha value is -2.73. The highest BCUT2D eigenvalue weighted by Crippen LogP contribution is 2.21. The Morgan fingerprint density at radius 2 is 1.77 bits per heavy atom. The van der Waals surface area contributed by atoms with Crippen molar-refractivity contribution >= 4 is 28.9 Å². The number of hydrogen-bond donors (Lipinski definition) is 0. The molecule has 0 atom stereocenters. The Bertz CT molecular complexity index is 864. The number of nitrogens with zero attached hydrogens (tertiary/aromatic N) is 6. The molecule has 0 aliphatic heterocycles. The lowest BCUT2D eigenvalue weighted by molar-refractivity contribution is -0.659. The van der Waals surface area contributed by atoms with E-state index in [9.17, 15) is 0 Å². The van der Waals surface area contributed by atoms with Crippen LogP contribution < -0.4 is 9.47 Å². The number of likely N-dealkylation sites (N-methyl/N-ethyl adjacent to an activating group) is 1. The van der Waals surface area contributed by atoms with E-state index < -0.39 is 0 Å². The number of benzene rings is 2. The maximum Gasteiger partial charge on any atom is 0.403 e. The van der Waals surface area contributed by atoms with Crippen LogP contribution in [-0.2, 0) is 20.5 Å². The van der Waals surface area contributed by atoms with Crippen LogP contribution in [0.3, 0.4) is 0 Å². The van der Waals surface area contributed by atoms with E-state index in [2.05, 4.69) is 51.5 Å². The molecule has 0 saturated heterocycles. The fourth-order valence-electron chi connectivity index (χ4n) is 2.57. The molecule has 0 amide bonds. The summed E-state index contributed by atoms with van der Waals surface area (Å²) < 4.78 is 3.50. The second kappa shape index (κ2) is 8.10. The van der Waals surface area contributed by atoms with Crippen molar-refractivity contribution in [3.8, 4) is 0 Å². The van der Waals surface area contributed by atoms with E-state index in [1.54, 1.807) is 11.0 Å². The van der Waals surface area contributed by atoms with Gasteiger partial charge in [-0.25, -0.2) is 4.57 Å². The molecule has 1 aromatic heterocycles. The van der Waals surface area contributed by atoms with Crippen molar-refractivity contribution in [3.05, 3.63) is 65.4 Å². The van der Waals surface area contributed by atoms with Gasteiger partial charge in [-0.3, -0.25) is 0 Å². The number of halogens is 1. The zero-order chi connectivity index (χ0) is 18.5. The third-order valence-corrected chi connectivity index (χ3v) is 4.45. The Morgan fingerprint density at radius 1 is 1.08 bits per heavy atom. The molecule has 0 fully saturated rings. The average Bonchev–Trinajstić information content (AvgIpc) is 2.97. The smallest absolute Gasteiger partial charge is 0.374 e. The molecule has 3 aromatic rings. The summed E-state index contributed by atoms with van der Waals surface area (Å²) in [5.41, 5.74) is 3.22. The minimum Gasteiger partial charge on any atom is -0.374 e. The average molecular weight is 370 g/mol. The predicted octanol–water partition coefficient (Wildman–Crippen LogP) is 3.99. The molecule has 6 nitrogen and oxygen atoms in total. The van der Waals surface area contributed by atoms with Crippen molar-refractivity contribution in [2.75, 3.05) is 18.5 Å². The van der Waals surface area contributed by atoms with Crippen LogP contribution in [0.25, 0.3) is 0 Å². The number of anilines is 1. The van der Waals surface area contributed by atoms with Crippen molar-refractivity contribution in [1.82, 2.24) is 9.78 Å². The molecule has 134 valence electrons. The topological polar surface area (TPSA) is 49.7 Å². The van der Waals surface area contributed by atoms with Gasteiger partial charge >= 0.3 is 5.95 Å². The maximum absolute atomic E-state index is 5.93. The summed E-state index contributed by atoms with van der Waals surface area (Å²) in [6, 6.07) is 16.0. The van der Waals surface area contributed by atoms with Crippen LogP contribution in [-0.4, -0.2) is 23.4 Å². The summed E-state index contributed by atoms with van der Waals surface area (Å²) in [4.78, 5) is 2.22. The molecular formula is C19H22ClN6+. The van der Waals surface area contributed by atoms with Crippen LogP contribution in [0.1, 0.15) is 5.56 Å². The third kappa shape index (κ3) is 4.46. The molecule has 0 saturated carbocycles. The van der Waals surface area contributed by atoms with Crippen LogP contribution in [0.4, 0.5) is 17.3 Å². The van der Waals surface area contributed by atoms with Gasteiger partial charge in [-0.15, -0.1) is 4.68 Å². The fourth-order valence-corrected chi connectivity index (χ4v) is 2.70. The standard InChI is InChI=1S/C19H22ClN6/c1-24(13-12-15-4-6-16(20)7-5-15)18-10-8-17(9-11-18)22-23-19-25(2)14-21-26(19)3/h4-11,14H,12-13H2,1-3H3/q+1. The summed E-state index contributed by atoms with van der Waals surface area (Å²) in [6.45, 7) is 0.924. The van der Waals surface area contributed by atoms with Gasteiger partial charge in [0, 0.05) is 29.4 Å². The first-order valence-electron chi connectivity index (χ1n) is 8.38. The van der Waals surface area contributed by atoms with Gasteiger partial charge in [-0.1, -0.05) is 28.8 Å². The molecular weight excluding hydrogens is 348 g/mol. The quantitative estimate of drug-likeness (QED) is 0.487. The van der Waals surface area contributed by atoms with Gasteiger partial charge in [-0.05, 0) is 53.5 Å². The van der Waals surface area contributed by atoms with Crippen molar-refractivity contribution in [1.29, 1.82) is 0 Å². The van der Waals surface area contributed by atoms with Crippen LogP contribution >= 0.6 is 11.6 Å². The van der Waals surface area contributed by atoms with Gasteiger partial charge in [0.15, 0.2) is 0 Å². The van der Waals surface area contributed by atoms with Crippen LogP contribution in [0, 0.1) is 0 Å². The molecule has 0 aliphatic rings. The number of aryl methyl sites for hydroxylation is 2. The first-order valence-corrected chi connectivity index (χ1v) is 8.76. The van der Waals surface area contributed by atoms with E-state index in [1.165, 1.54) is 5.56 Å². The normalized spacial score (nSPS) is 11.2. The monoisotopic (exact) mass is 369 g/mol. The molecule has 3 rings (SSSR count). The van der Waals surface area contributed by atoms with Gasteiger partial charge in [0.25, 0.3) is 0 Å². The highest BCUT2D eigenvalue weighted by molar-refractivity contribution is 6.30. The third-order valence-electron chi connectivity index (χ3n) is 4.20. The molecule has 7 heteroatoms. The van der Waals surface area contributed by atoms with E-state index in [-0.39, 0.29) is 0 Å². The van der Waals surface area contributed by atoms with Gasteiger partial charge in [0.2, 0.25) is 6.33 Å². The zero-order valence-electron chi connectivity index (χ0n) is 15.2. The Labute approximate surface area is 158 Å². The predicted molar refractivity (Wildman–Crippen MR) is 103 cm³/mol. The van der Waals surface area contributed by atoms with Crippen LogP contribution in [0.2, 0.25) is 5.02 Å². The lowest BCUT2D eigenvalue weighted by Gasteiger charge is -2.19. The molecule has 0 spiro atoms. The summed E-state index contributed by atoms with van der Waals surface area (Å²) in [7, 11) is 5.81. The maximum atomic E-state index is 5.93. The van der Waals surface area contributed by atoms with Crippen molar-refractivity contribution in [2.45, 2.75) is 6.42 Å². The molecule has 26 heavy (non-hydrogen) atoms. The lowest BCUT2D eigenvalue weighted by atomic mass is 10.1. The van der Waals surface area contributed by atoms with E-state index in [1.807, 2.05) is 42.9 Å². The number of rotatable bonds is 6. The largest absolute Gasteiger partial charge is 0.403 e. The number of hydrogen-bond acceptors (Lipinski definition) is 4. The summed E-state index contributed by atoms with van der Waals surface area (Å²) in [5, 5.41) is 13.4. The first kappa shape index (κ1) is 18.1. The highest BCUT2D eigenvalue weighted by Gasteiger charge is 2.11. The van der Waals surface area contributed by atoms with Crippen LogP contribution in [0.5, 0.6) is 0 Å². The molecule has 2 aromatic carbocycles. The Kier molecular flexibility index (Phi) is 5.63. The highest BCUT2D eigenvalue weighted by atomic mass is 35.5. The molecule has 0 bridgehead atoms. The van der Waals surface area contributed by atoms with E-state index in [4.69, 9.17) is 11.6 Å². The zero-order valence-corrected chi connectivity index (χ0v) is 15.9. The molecule has 0 unspecified atom stereocenters. The minimum absolute atomic E-state index is 0.689. The summed E-state index contributed by atoms with van der Waals surface area (Å²) >= 11 is 5.93. The van der Waals surface area contributed by atoms with Crippen molar-refractivity contribution in [3.63, 3.8) is 0 Å². The molecule has 0 radical (unpaired) electrons. The number of aromatic nitrogens is 3. The van der Waals surface area contributed by atoms with E-state index in [0.29, 0.717) is 5.95 Å². The second-order valence-corrected chi connectivity index (χ2v) is 6.62. The van der Waals surface area contributed by atoms with Crippen LogP contribution in [0.15, 0.2) is 65.1 Å². The first-order chi connectivity index (χ1) is 12.5. The molecule has 0 aliphatic carbocycles. The van der Waals surface area contributed by atoms with Gasteiger partial charge < -0.3 is 4.90 Å². The van der Waals surface area contributed by atoms with Gasteiger partial charge in [-0.2, -0.15) is 0 Å². The minimum atomic E-state index is 0.689. The second-order valence-electron chi connectivity index (χ2n) is 6.18. The van der Waals surface area contributed by atoms with E-state index >= 15 is 0 Å². The van der Waals surface area contributed by atoms with Crippen molar-refractivity contribution < 1.29 is 4.57 Å². The number of azo groups is 1.